The number of piperidine rings is 1. The number of hydrogen-bond acceptors (Lipinski definition) is 3. The van der Waals surface area contributed by atoms with Crippen molar-refractivity contribution in [2.75, 3.05) is 13.1 Å². The van der Waals surface area contributed by atoms with Crippen molar-refractivity contribution < 1.29 is 0 Å². The van der Waals surface area contributed by atoms with Gasteiger partial charge in [0.05, 0.1) is 0 Å². The van der Waals surface area contributed by atoms with Gasteiger partial charge in [-0.25, -0.2) is 9.97 Å². The molecule has 0 amide bonds. The molecule has 1 fully saturated rings. The minimum absolute atomic E-state index is 0.812. The van der Waals surface area contributed by atoms with E-state index in [1.165, 1.54) is 32.4 Å². The number of nitrogens with zero attached hydrogens (tertiary/aromatic N) is 3. The first-order chi connectivity index (χ1) is 8.84. The molecule has 1 saturated heterocycles. The molecule has 0 bridgehead atoms. The van der Waals surface area contributed by atoms with E-state index in [4.69, 9.17) is 0 Å². The van der Waals surface area contributed by atoms with Crippen molar-refractivity contribution in [3.05, 3.63) is 24.2 Å². The largest absolute Gasteiger partial charge is 0.316 e. The number of pyridine rings is 1. The van der Waals surface area contributed by atoms with Crippen molar-refractivity contribution in [3.8, 4) is 0 Å². The second-order valence-electron chi connectivity index (χ2n) is 5.18. The van der Waals surface area contributed by atoms with Gasteiger partial charge in [0.15, 0.2) is 5.65 Å². The predicted molar refractivity (Wildman–Crippen MR) is 72.4 cm³/mol. The SMILES string of the molecule is Cn1c(CCC2CCCNC2)nc2cccnc21. The van der Waals surface area contributed by atoms with Crippen LogP contribution in [0.3, 0.4) is 0 Å². The molecule has 0 spiro atoms. The monoisotopic (exact) mass is 244 g/mol. The summed E-state index contributed by atoms with van der Waals surface area (Å²) in [6.45, 7) is 2.36. The van der Waals surface area contributed by atoms with Crippen LogP contribution in [0.15, 0.2) is 18.3 Å². The van der Waals surface area contributed by atoms with E-state index in [2.05, 4.69) is 26.9 Å². The van der Waals surface area contributed by atoms with Crippen LogP contribution in [-0.4, -0.2) is 27.6 Å². The van der Waals surface area contributed by atoms with E-state index in [1.54, 1.807) is 0 Å². The van der Waals surface area contributed by atoms with Crippen LogP contribution < -0.4 is 5.32 Å². The van der Waals surface area contributed by atoms with Crippen LogP contribution in [0.4, 0.5) is 0 Å². The average molecular weight is 244 g/mol. The standard InChI is InChI=1S/C14H20N4/c1-18-13(7-6-11-4-2-8-15-10-11)17-12-5-3-9-16-14(12)18/h3,5,9,11,15H,2,4,6-8,10H2,1H3. The fourth-order valence-electron chi connectivity index (χ4n) is 2.80. The van der Waals surface area contributed by atoms with Crippen molar-refractivity contribution >= 4 is 11.2 Å². The van der Waals surface area contributed by atoms with E-state index in [1.807, 2.05) is 18.3 Å². The van der Waals surface area contributed by atoms with Gasteiger partial charge in [0.1, 0.15) is 11.3 Å². The van der Waals surface area contributed by atoms with Crippen molar-refractivity contribution in [1.29, 1.82) is 0 Å². The van der Waals surface area contributed by atoms with E-state index in [9.17, 15) is 0 Å². The predicted octanol–water partition coefficient (Wildman–Crippen LogP) is 1.90. The van der Waals surface area contributed by atoms with Gasteiger partial charge in [0.25, 0.3) is 0 Å². The molecule has 2 aromatic rings. The molecule has 3 heterocycles. The van der Waals surface area contributed by atoms with Crippen molar-refractivity contribution in [3.63, 3.8) is 0 Å². The first kappa shape index (κ1) is 11.7. The van der Waals surface area contributed by atoms with Crippen LogP contribution in [-0.2, 0) is 13.5 Å². The molecule has 1 unspecified atom stereocenters. The average Bonchev–Trinajstić information content (AvgIpc) is 2.75. The van der Waals surface area contributed by atoms with E-state index in [0.717, 1.165) is 29.3 Å². The Morgan fingerprint density at radius 2 is 2.44 bits per heavy atom. The normalized spacial score (nSPS) is 20.4. The van der Waals surface area contributed by atoms with E-state index in [0.29, 0.717) is 0 Å². The molecule has 1 N–H and O–H groups in total. The molecule has 96 valence electrons. The van der Waals surface area contributed by atoms with Gasteiger partial charge in [-0.05, 0) is 50.4 Å². The second kappa shape index (κ2) is 5.06. The number of imidazole rings is 1. The van der Waals surface area contributed by atoms with Crippen molar-refractivity contribution in [2.45, 2.75) is 25.7 Å². The molecule has 0 aliphatic carbocycles. The second-order valence-corrected chi connectivity index (χ2v) is 5.18. The molecule has 4 heteroatoms. The smallest absolute Gasteiger partial charge is 0.159 e. The summed E-state index contributed by atoms with van der Waals surface area (Å²) in [4.78, 5) is 9.06. The number of hydrogen-bond donors (Lipinski definition) is 1. The van der Waals surface area contributed by atoms with Crippen LogP contribution in [0.2, 0.25) is 0 Å². The lowest BCUT2D eigenvalue weighted by molar-refractivity contribution is 0.355. The molecule has 0 aromatic carbocycles. The van der Waals surface area contributed by atoms with Gasteiger partial charge < -0.3 is 9.88 Å². The highest BCUT2D eigenvalue weighted by atomic mass is 15.1. The summed E-state index contributed by atoms with van der Waals surface area (Å²) >= 11 is 0. The Kier molecular flexibility index (Phi) is 3.28. The maximum absolute atomic E-state index is 4.68. The molecule has 1 aliphatic heterocycles. The van der Waals surface area contributed by atoms with Gasteiger partial charge in [-0.1, -0.05) is 0 Å². The number of rotatable bonds is 3. The summed E-state index contributed by atoms with van der Waals surface area (Å²) in [5, 5.41) is 3.47. The van der Waals surface area contributed by atoms with E-state index < -0.39 is 0 Å². The summed E-state index contributed by atoms with van der Waals surface area (Å²) in [6.07, 6.45) is 6.78. The number of fused-ring (bicyclic) bond motifs is 1. The molecular formula is C14H20N4. The Labute approximate surface area is 107 Å². The Hall–Kier alpha value is -1.42. The topological polar surface area (TPSA) is 42.7 Å². The Morgan fingerprint density at radius 3 is 3.22 bits per heavy atom. The van der Waals surface area contributed by atoms with E-state index >= 15 is 0 Å². The quantitative estimate of drug-likeness (QED) is 0.896. The lowest BCUT2D eigenvalue weighted by Crippen LogP contribution is -2.30. The molecule has 3 rings (SSSR count). The lowest BCUT2D eigenvalue weighted by atomic mass is 9.94. The third kappa shape index (κ3) is 2.25. The first-order valence-corrected chi connectivity index (χ1v) is 6.81. The Balaban J connectivity index is 1.72. The Bertz CT molecular complexity index is 526. The Morgan fingerprint density at radius 1 is 1.50 bits per heavy atom. The maximum atomic E-state index is 4.68. The van der Waals surface area contributed by atoms with Gasteiger partial charge >= 0.3 is 0 Å². The zero-order chi connectivity index (χ0) is 12.4. The summed E-state index contributed by atoms with van der Waals surface area (Å²) in [6, 6.07) is 3.98. The highest BCUT2D eigenvalue weighted by Crippen LogP contribution is 2.18. The molecule has 1 aliphatic rings. The fourth-order valence-corrected chi connectivity index (χ4v) is 2.80. The van der Waals surface area contributed by atoms with Crippen LogP contribution in [0.5, 0.6) is 0 Å². The van der Waals surface area contributed by atoms with Gasteiger partial charge in [-0.3, -0.25) is 0 Å². The maximum Gasteiger partial charge on any atom is 0.159 e. The molecular weight excluding hydrogens is 224 g/mol. The van der Waals surface area contributed by atoms with Gasteiger partial charge in [-0.2, -0.15) is 0 Å². The van der Waals surface area contributed by atoms with E-state index in [-0.39, 0.29) is 0 Å². The highest BCUT2D eigenvalue weighted by Gasteiger charge is 2.15. The van der Waals surface area contributed by atoms with Crippen LogP contribution in [0.1, 0.15) is 25.1 Å². The summed E-state index contributed by atoms with van der Waals surface area (Å²) in [7, 11) is 2.07. The van der Waals surface area contributed by atoms with Gasteiger partial charge in [0.2, 0.25) is 0 Å². The molecule has 1 atom stereocenters. The summed E-state index contributed by atoms with van der Waals surface area (Å²) in [5.41, 5.74) is 2.01. The molecule has 18 heavy (non-hydrogen) atoms. The minimum atomic E-state index is 0.812. The summed E-state index contributed by atoms with van der Waals surface area (Å²) in [5.74, 6) is 1.97. The number of aromatic nitrogens is 3. The van der Waals surface area contributed by atoms with Gasteiger partial charge in [-0.15, -0.1) is 0 Å². The molecule has 4 nitrogen and oxygen atoms in total. The minimum Gasteiger partial charge on any atom is -0.316 e. The molecule has 0 radical (unpaired) electrons. The van der Waals surface area contributed by atoms with Gasteiger partial charge in [0, 0.05) is 19.7 Å². The van der Waals surface area contributed by atoms with Crippen molar-refractivity contribution in [1.82, 2.24) is 19.9 Å². The molecule has 2 aromatic heterocycles. The zero-order valence-corrected chi connectivity index (χ0v) is 10.9. The van der Waals surface area contributed by atoms with Crippen LogP contribution in [0, 0.1) is 5.92 Å². The number of aryl methyl sites for hydroxylation is 2. The third-order valence-electron chi connectivity index (χ3n) is 3.90. The van der Waals surface area contributed by atoms with Crippen LogP contribution >= 0.6 is 0 Å². The first-order valence-electron chi connectivity index (χ1n) is 6.81. The highest BCUT2D eigenvalue weighted by molar-refractivity contribution is 5.70. The number of nitrogens with one attached hydrogen (secondary N) is 1. The van der Waals surface area contributed by atoms with Crippen molar-refractivity contribution in [2.24, 2.45) is 13.0 Å². The van der Waals surface area contributed by atoms with Crippen LogP contribution in [0.25, 0.3) is 11.2 Å². The molecule has 0 saturated carbocycles. The third-order valence-corrected chi connectivity index (χ3v) is 3.90. The summed E-state index contributed by atoms with van der Waals surface area (Å²) < 4.78 is 2.13. The lowest BCUT2D eigenvalue weighted by Gasteiger charge is -2.22. The zero-order valence-electron chi connectivity index (χ0n) is 10.9. The fraction of sp³-hybridized carbons (Fsp3) is 0.571.